The molecule has 0 fully saturated rings. The zero-order chi connectivity index (χ0) is 24.2. The van der Waals surface area contributed by atoms with Gasteiger partial charge in [-0.05, 0) is 134 Å². The molecule has 0 bridgehead atoms. The van der Waals surface area contributed by atoms with Crippen molar-refractivity contribution in [3.05, 3.63) is 93.8 Å². The van der Waals surface area contributed by atoms with Gasteiger partial charge in [0.1, 0.15) is 12.4 Å². The number of hydrogen-bond acceptors (Lipinski definition) is 5. The van der Waals surface area contributed by atoms with Crippen molar-refractivity contribution in [3.63, 3.8) is 0 Å². The van der Waals surface area contributed by atoms with Crippen molar-refractivity contribution < 1.29 is 19.1 Å². The van der Waals surface area contributed by atoms with E-state index in [1.165, 1.54) is 6.92 Å². The summed E-state index contributed by atoms with van der Waals surface area (Å²) in [6, 6.07) is 19.0. The van der Waals surface area contributed by atoms with E-state index in [1.54, 1.807) is 30.3 Å². The van der Waals surface area contributed by atoms with Crippen molar-refractivity contribution in [2.24, 2.45) is 4.99 Å². The summed E-state index contributed by atoms with van der Waals surface area (Å²) in [4.78, 5) is 28.0. The molecule has 4 rings (SSSR count). The standard InChI is InChI=1S/C25H17I3N2O4/c1-14(31)29-19-7-5-17(6-8-19)24-30-22(25(32)34-24)12-16-10-20(27)23(21(28)11-16)33-13-15-3-2-4-18(26)9-15/h2-12H,13H2,1H3,(H,29,31)/b22-12-. The van der Waals surface area contributed by atoms with Crippen LogP contribution in [0.25, 0.3) is 6.08 Å². The molecule has 9 heteroatoms. The summed E-state index contributed by atoms with van der Waals surface area (Å²) >= 11 is 6.75. The van der Waals surface area contributed by atoms with Gasteiger partial charge in [-0.3, -0.25) is 4.79 Å². The number of nitrogens with zero attached hydrogens (tertiary/aromatic N) is 1. The number of aliphatic imine (C=N–C) groups is 1. The molecule has 0 saturated heterocycles. The van der Waals surface area contributed by atoms with Crippen LogP contribution in [0.2, 0.25) is 0 Å². The van der Waals surface area contributed by atoms with Crippen molar-refractivity contribution in [3.8, 4) is 5.75 Å². The number of carbonyl (C=O) groups is 2. The van der Waals surface area contributed by atoms with Crippen molar-refractivity contribution in [2.45, 2.75) is 13.5 Å². The van der Waals surface area contributed by atoms with Gasteiger partial charge < -0.3 is 14.8 Å². The summed E-state index contributed by atoms with van der Waals surface area (Å²) in [5.74, 6) is 0.371. The number of rotatable bonds is 6. The van der Waals surface area contributed by atoms with Crippen molar-refractivity contribution in [2.75, 3.05) is 5.32 Å². The fourth-order valence-corrected chi connectivity index (χ4v) is 5.91. The minimum atomic E-state index is -0.509. The molecule has 0 unspecified atom stereocenters. The molecular formula is C25H17I3N2O4. The fraction of sp³-hybridized carbons (Fsp3) is 0.0800. The van der Waals surface area contributed by atoms with Crippen LogP contribution in [0.3, 0.4) is 0 Å². The molecule has 34 heavy (non-hydrogen) atoms. The van der Waals surface area contributed by atoms with E-state index in [9.17, 15) is 9.59 Å². The number of anilines is 1. The molecule has 1 aliphatic rings. The molecule has 1 heterocycles. The predicted octanol–water partition coefficient (Wildman–Crippen LogP) is 6.38. The Hall–Kier alpha value is -2.00. The maximum atomic E-state index is 12.4. The molecule has 1 N–H and O–H groups in total. The highest BCUT2D eigenvalue weighted by Crippen LogP contribution is 2.31. The molecule has 0 radical (unpaired) electrons. The van der Waals surface area contributed by atoms with E-state index in [1.807, 2.05) is 30.3 Å². The van der Waals surface area contributed by atoms with Gasteiger partial charge in [-0.15, -0.1) is 0 Å². The van der Waals surface area contributed by atoms with E-state index in [0.29, 0.717) is 17.9 Å². The molecule has 0 spiro atoms. The molecular weight excluding hydrogens is 773 g/mol. The second-order valence-corrected chi connectivity index (χ2v) is 10.9. The van der Waals surface area contributed by atoms with E-state index in [2.05, 4.69) is 84.1 Å². The van der Waals surface area contributed by atoms with E-state index >= 15 is 0 Å². The van der Waals surface area contributed by atoms with Gasteiger partial charge >= 0.3 is 5.97 Å². The number of ether oxygens (including phenoxy) is 2. The van der Waals surface area contributed by atoms with Crippen LogP contribution in [0, 0.1) is 10.7 Å². The molecule has 0 saturated carbocycles. The third-order valence-electron chi connectivity index (χ3n) is 4.67. The topological polar surface area (TPSA) is 77.0 Å². The van der Waals surface area contributed by atoms with Crippen LogP contribution in [0.1, 0.15) is 23.6 Å². The lowest BCUT2D eigenvalue weighted by Gasteiger charge is -2.12. The largest absolute Gasteiger partial charge is 0.487 e. The summed E-state index contributed by atoms with van der Waals surface area (Å²) < 4.78 is 14.5. The molecule has 0 aliphatic carbocycles. The third kappa shape index (κ3) is 6.36. The average Bonchev–Trinajstić information content (AvgIpc) is 3.13. The maximum absolute atomic E-state index is 12.4. The van der Waals surface area contributed by atoms with E-state index in [4.69, 9.17) is 9.47 Å². The molecule has 6 nitrogen and oxygen atoms in total. The number of benzene rings is 3. The number of hydrogen-bond donors (Lipinski definition) is 1. The lowest BCUT2D eigenvalue weighted by Crippen LogP contribution is -2.07. The zero-order valence-electron chi connectivity index (χ0n) is 17.8. The minimum Gasteiger partial charge on any atom is -0.487 e. The summed E-state index contributed by atoms with van der Waals surface area (Å²) in [6.07, 6.45) is 1.70. The highest BCUT2D eigenvalue weighted by Gasteiger charge is 2.24. The summed E-state index contributed by atoms with van der Waals surface area (Å²) in [6.45, 7) is 1.92. The molecule has 1 amide bonds. The van der Waals surface area contributed by atoms with E-state index < -0.39 is 5.97 Å². The summed E-state index contributed by atoms with van der Waals surface area (Å²) in [5, 5.41) is 2.70. The Balaban J connectivity index is 1.52. The molecule has 3 aromatic rings. The summed E-state index contributed by atoms with van der Waals surface area (Å²) in [5.41, 5.74) is 3.46. The van der Waals surface area contributed by atoms with Crippen LogP contribution in [-0.4, -0.2) is 17.8 Å². The first-order valence-corrected chi connectivity index (χ1v) is 13.3. The lowest BCUT2D eigenvalue weighted by atomic mass is 10.2. The first-order valence-electron chi connectivity index (χ1n) is 10.1. The number of esters is 1. The second-order valence-electron chi connectivity index (χ2n) is 7.33. The average molecular weight is 790 g/mol. The Bertz CT molecular complexity index is 1310. The van der Waals surface area contributed by atoms with Crippen LogP contribution in [0.5, 0.6) is 5.75 Å². The molecule has 172 valence electrons. The number of nitrogens with one attached hydrogen (secondary N) is 1. The van der Waals surface area contributed by atoms with Crippen LogP contribution in [0.15, 0.2) is 71.4 Å². The van der Waals surface area contributed by atoms with Crippen LogP contribution in [0.4, 0.5) is 5.69 Å². The molecule has 0 atom stereocenters. The number of cyclic esters (lactones) is 1. The van der Waals surface area contributed by atoms with Gasteiger partial charge in [0.2, 0.25) is 11.8 Å². The smallest absolute Gasteiger partial charge is 0.363 e. The maximum Gasteiger partial charge on any atom is 0.363 e. The van der Waals surface area contributed by atoms with Crippen molar-refractivity contribution in [1.82, 2.24) is 0 Å². The van der Waals surface area contributed by atoms with Gasteiger partial charge in [0.05, 0.1) is 7.14 Å². The molecule has 3 aromatic carbocycles. The normalized spacial score (nSPS) is 14.1. The minimum absolute atomic E-state index is 0.155. The van der Waals surface area contributed by atoms with Gasteiger partial charge in [0.15, 0.2) is 5.70 Å². The number of carbonyl (C=O) groups excluding carboxylic acids is 2. The monoisotopic (exact) mass is 790 g/mol. The Kier molecular flexibility index (Phi) is 8.24. The van der Waals surface area contributed by atoms with E-state index in [-0.39, 0.29) is 17.5 Å². The Labute approximate surface area is 237 Å². The van der Waals surface area contributed by atoms with Crippen LogP contribution >= 0.6 is 67.8 Å². The van der Waals surface area contributed by atoms with Gasteiger partial charge in [-0.2, -0.15) is 0 Å². The first-order chi connectivity index (χ1) is 16.3. The summed E-state index contributed by atoms with van der Waals surface area (Å²) in [7, 11) is 0. The lowest BCUT2D eigenvalue weighted by molar-refractivity contribution is -0.129. The zero-order valence-corrected chi connectivity index (χ0v) is 24.2. The van der Waals surface area contributed by atoms with Gasteiger partial charge in [0.25, 0.3) is 0 Å². The fourth-order valence-electron chi connectivity index (χ4n) is 3.17. The molecule has 1 aliphatic heterocycles. The number of halogens is 3. The first kappa shape index (κ1) is 25.1. The van der Waals surface area contributed by atoms with Gasteiger partial charge in [0, 0.05) is 21.7 Å². The highest BCUT2D eigenvalue weighted by molar-refractivity contribution is 14.1. The Morgan fingerprint density at radius 2 is 1.76 bits per heavy atom. The van der Waals surface area contributed by atoms with Crippen LogP contribution < -0.4 is 10.1 Å². The van der Waals surface area contributed by atoms with E-state index in [0.717, 1.165) is 27.6 Å². The van der Waals surface area contributed by atoms with Gasteiger partial charge in [-0.25, -0.2) is 9.79 Å². The number of amides is 1. The highest BCUT2D eigenvalue weighted by atomic mass is 127. The predicted molar refractivity (Wildman–Crippen MR) is 157 cm³/mol. The SMILES string of the molecule is CC(=O)Nc1ccc(C2=N/C(=C\c3cc(I)c(OCc4cccc(I)c4)c(I)c3)C(=O)O2)cc1. The van der Waals surface area contributed by atoms with Crippen LogP contribution in [-0.2, 0) is 20.9 Å². The Morgan fingerprint density at radius 1 is 1.06 bits per heavy atom. The van der Waals surface area contributed by atoms with Gasteiger partial charge in [-0.1, -0.05) is 12.1 Å². The Morgan fingerprint density at radius 3 is 2.41 bits per heavy atom. The third-order valence-corrected chi connectivity index (χ3v) is 6.94. The second kappa shape index (κ2) is 11.2. The molecule has 0 aromatic heterocycles. The van der Waals surface area contributed by atoms with Crippen molar-refractivity contribution in [1.29, 1.82) is 0 Å². The van der Waals surface area contributed by atoms with Crippen molar-refractivity contribution >= 4 is 97.3 Å². The quantitative estimate of drug-likeness (QED) is 0.179.